The molecule has 0 aliphatic carbocycles. The molecule has 114 valence electrons. The van der Waals surface area contributed by atoms with Crippen LogP contribution >= 0.6 is 35.0 Å². The van der Waals surface area contributed by atoms with Gasteiger partial charge in [0.15, 0.2) is 0 Å². The van der Waals surface area contributed by atoms with Gasteiger partial charge in [-0.25, -0.2) is 9.37 Å². The average Bonchev–Trinajstić information content (AvgIpc) is 2.79. The average molecular weight is 347 g/mol. The zero-order valence-electron chi connectivity index (χ0n) is 11.8. The molecule has 2 aromatic rings. The third kappa shape index (κ3) is 3.17. The van der Waals surface area contributed by atoms with Crippen LogP contribution in [-0.4, -0.2) is 21.1 Å². The molecule has 2 nitrogen and oxygen atoms in total. The van der Waals surface area contributed by atoms with Gasteiger partial charge in [0.1, 0.15) is 11.6 Å². The first-order valence-electron chi connectivity index (χ1n) is 7.13. The lowest BCUT2D eigenvalue weighted by atomic mass is 10.0. The van der Waals surface area contributed by atoms with E-state index in [0.29, 0.717) is 11.4 Å². The van der Waals surface area contributed by atoms with Gasteiger partial charge in [0.05, 0.1) is 21.4 Å². The summed E-state index contributed by atoms with van der Waals surface area (Å²) < 4.78 is 15.9. The van der Waals surface area contributed by atoms with Crippen molar-refractivity contribution in [3.05, 3.63) is 28.8 Å². The highest BCUT2D eigenvalue weighted by molar-refractivity contribution is 7.99. The molecule has 1 aromatic carbocycles. The van der Waals surface area contributed by atoms with Crippen molar-refractivity contribution in [3.8, 4) is 0 Å². The predicted molar refractivity (Wildman–Crippen MR) is 89.0 cm³/mol. The van der Waals surface area contributed by atoms with Gasteiger partial charge in [-0.05, 0) is 43.3 Å². The second kappa shape index (κ2) is 6.35. The lowest BCUT2D eigenvalue weighted by Gasteiger charge is -2.23. The maximum atomic E-state index is 13.8. The number of thioether (sulfide) groups is 1. The van der Waals surface area contributed by atoms with E-state index in [1.54, 1.807) is 6.07 Å². The summed E-state index contributed by atoms with van der Waals surface area (Å²) in [6, 6.07) is 3.06. The monoisotopic (exact) mass is 346 g/mol. The van der Waals surface area contributed by atoms with Gasteiger partial charge in [0.2, 0.25) is 0 Å². The van der Waals surface area contributed by atoms with Crippen LogP contribution in [0.4, 0.5) is 4.39 Å². The van der Waals surface area contributed by atoms with E-state index in [9.17, 15) is 4.39 Å². The summed E-state index contributed by atoms with van der Waals surface area (Å²) in [5, 5.41) is -0.104. The first kappa shape index (κ1) is 15.4. The zero-order valence-corrected chi connectivity index (χ0v) is 14.1. The Morgan fingerprint density at radius 1 is 1.43 bits per heavy atom. The number of hydrogen-bond acceptors (Lipinski definition) is 2. The summed E-state index contributed by atoms with van der Waals surface area (Å²) in [7, 11) is 0. The van der Waals surface area contributed by atoms with E-state index in [2.05, 4.69) is 9.55 Å². The number of rotatable bonds is 3. The van der Waals surface area contributed by atoms with Gasteiger partial charge >= 0.3 is 0 Å². The molecule has 1 aromatic heterocycles. The first-order valence-corrected chi connectivity index (χ1v) is 9.10. The van der Waals surface area contributed by atoms with Crippen molar-refractivity contribution in [3.63, 3.8) is 0 Å². The normalized spacial score (nSPS) is 18.3. The summed E-state index contributed by atoms with van der Waals surface area (Å²) in [5.41, 5.74) is 1.51. The number of aromatic nitrogens is 2. The molecule has 1 aliphatic rings. The fourth-order valence-electron chi connectivity index (χ4n) is 2.82. The molecule has 0 radical (unpaired) electrons. The summed E-state index contributed by atoms with van der Waals surface area (Å²) >= 11 is 14.1. The Morgan fingerprint density at radius 3 is 2.81 bits per heavy atom. The molecule has 1 saturated heterocycles. The molecule has 1 fully saturated rings. The van der Waals surface area contributed by atoms with Crippen LogP contribution in [-0.2, 0) is 6.54 Å². The standard InChI is InChI=1S/C15H17Cl2FN2S/c1-9(16)15-19-13-6-11(17)12(18)7-14(13)20(15)8-10-2-4-21-5-3-10/h6-7,9-10H,2-5,8H2,1H3. The number of hydrogen-bond donors (Lipinski definition) is 0. The van der Waals surface area contributed by atoms with Crippen LogP contribution in [0.3, 0.4) is 0 Å². The summed E-state index contributed by atoms with van der Waals surface area (Å²) in [5.74, 6) is 3.40. The topological polar surface area (TPSA) is 17.8 Å². The van der Waals surface area contributed by atoms with Gasteiger partial charge in [-0.1, -0.05) is 11.6 Å². The van der Waals surface area contributed by atoms with E-state index in [1.165, 1.54) is 30.4 Å². The Kier molecular flexibility index (Phi) is 4.67. The third-order valence-corrected chi connectivity index (χ3v) is 5.49. The van der Waals surface area contributed by atoms with E-state index >= 15 is 0 Å². The Balaban J connectivity index is 2.04. The van der Waals surface area contributed by atoms with E-state index in [0.717, 1.165) is 17.9 Å². The number of alkyl halides is 1. The van der Waals surface area contributed by atoms with E-state index < -0.39 is 5.82 Å². The fraction of sp³-hybridized carbons (Fsp3) is 0.533. The second-order valence-electron chi connectivity index (χ2n) is 5.51. The largest absolute Gasteiger partial charge is 0.326 e. The van der Waals surface area contributed by atoms with Gasteiger partial charge in [0, 0.05) is 12.6 Å². The second-order valence-corrected chi connectivity index (χ2v) is 7.79. The Morgan fingerprint density at radius 2 is 2.14 bits per heavy atom. The van der Waals surface area contributed by atoms with Crippen molar-refractivity contribution in [1.29, 1.82) is 0 Å². The summed E-state index contributed by atoms with van der Waals surface area (Å²) in [4.78, 5) is 4.55. The maximum absolute atomic E-state index is 13.8. The molecule has 0 spiro atoms. The predicted octanol–water partition coefficient (Wildman–Crippen LogP) is 5.27. The van der Waals surface area contributed by atoms with Gasteiger partial charge in [-0.15, -0.1) is 11.6 Å². The molecular formula is C15H17Cl2FN2S. The zero-order chi connectivity index (χ0) is 15.0. The first-order chi connectivity index (χ1) is 10.1. The lowest BCUT2D eigenvalue weighted by molar-refractivity contribution is 0.415. The maximum Gasteiger partial charge on any atom is 0.144 e. The van der Waals surface area contributed by atoms with Crippen LogP contribution in [0.15, 0.2) is 12.1 Å². The third-order valence-electron chi connectivity index (χ3n) is 3.96. The van der Waals surface area contributed by atoms with Gasteiger partial charge < -0.3 is 4.57 Å². The quantitative estimate of drug-likeness (QED) is 0.704. The summed E-state index contributed by atoms with van der Waals surface area (Å²) in [6.07, 6.45) is 2.38. The Bertz CT molecular complexity index is 651. The Hall–Kier alpha value is -0.450. The van der Waals surface area contributed by atoms with Crippen LogP contribution in [0.1, 0.15) is 31.0 Å². The highest BCUT2D eigenvalue weighted by Gasteiger charge is 2.21. The van der Waals surface area contributed by atoms with Crippen LogP contribution in [0.25, 0.3) is 11.0 Å². The minimum absolute atomic E-state index is 0.106. The molecule has 3 rings (SSSR count). The SMILES string of the molecule is CC(Cl)c1nc2cc(Cl)c(F)cc2n1CC1CCSCC1. The van der Waals surface area contributed by atoms with Crippen LogP contribution in [0.5, 0.6) is 0 Å². The minimum atomic E-state index is -0.404. The smallest absolute Gasteiger partial charge is 0.144 e. The van der Waals surface area contributed by atoms with Gasteiger partial charge in [-0.3, -0.25) is 0 Å². The minimum Gasteiger partial charge on any atom is -0.326 e. The summed E-state index contributed by atoms with van der Waals surface area (Å²) in [6.45, 7) is 2.75. The molecule has 0 N–H and O–H groups in total. The molecule has 1 atom stereocenters. The van der Waals surface area contributed by atoms with Crippen molar-refractivity contribution in [2.45, 2.75) is 31.7 Å². The molecule has 0 saturated carbocycles. The van der Waals surface area contributed by atoms with Crippen LogP contribution in [0, 0.1) is 11.7 Å². The van der Waals surface area contributed by atoms with Crippen molar-refractivity contribution >= 4 is 46.0 Å². The molecule has 21 heavy (non-hydrogen) atoms. The molecule has 0 bridgehead atoms. The van der Waals surface area contributed by atoms with Crippen LogP contribution < -0.4 is 0 Å². The van der Waals surface area contributed by atoms with E-state index in [1.807, 2.05) is 18.7 Å². The fourth-order valence-corrected chi connectivity index (χ4v) is 4.35. The van der Waals surface area contributed by atoms with E-state index in [-0.39, 0.29) is 10.4 Å². The number of halogens is 3. The van der Waals surface area contributed by atoms with Crippen molar-refractivity contribution < 1.29 is 4.39 Å². The number of benzene rings is 1. The van der Waals surface area contributed by atoms with Crippen LogP contribution in [0.2, 0.25) is 5.02 Å². The Labute approximate surface area is 138 Å². The highest BCUT2D eigenvalue weighted by atomic mass is 35.5. The highest BCUT2D eigenvalue weighted by Crippen LogP contribution is 2.31. The van der Waals surface area contributed by atoms with Gasteiger partial charge in [0.25, 0.3) is 0 Å². The number of imidazole rings is 1. The lowest BCUT2D eigenvalue weighted by Crippen LogP contribution is -2.18. The van der Waals surface area contributed by atoms with Crippen molar-refractivity contribution in [1.82, 2.24) is 9.55 Å². The molecule has 1 aliphatic heterocycles. The number of nitrogens with zero attached hydrogens (tertiary/aromatic N) is 2. The molecular weight excluding hydrogens is 330 g/mol. The molecule has 2 heterocycles. The molecule has 1 unspecified atom stereocenters. The molecule has 0 amide bonds. The van der Waals surface area contributed by atoms with E-state index in [4.69, 9.17) is 23.2 Å². The molecule has 6 heteroatoms. The number of fused-ring (bicyclic) bond motifs is 1. The van der Waals surface area contributed by atoms with Gasteiger partial charge in [-0.2, -0.15) is 11.8 Å². The van der Waals surface area contributed by atoms with Crippen molar-refractivity contribution in [2.24, 2.45) is 5.92 Å². The van der Waals surface area contributed by atoms with Crippen molar-refractivity contribution in [2.75, 3.05) is 11.5 Å².